The summed E-state index contributed by atoms with van der Waals surface area (Å²) >= 11 is 0. The van der Waals surface area contributed by atoms with Crippen LogP contribution in [0.4, 0.5) is 0 Å². The summed E-state index contributed by atoms with van der Waals surface area (Å²) < 4.78 is 0. The SMILES string of the molecule is CCC(CC)(CNC(=O)c1cccc(C)c1C)c1cccnc1. The first-order valence-corrected chi connectivity index (χ1v) is 8.29. The molecule has 1 aromatic heterocycles. The zero-order chi connectivity index (χ0) is 16.9. The summed E-state index contributed by atoms with van der Waals surface area (Å²) in [5, 5.41) is 3.14. The van der Waals surface area contributed by atoms with Crippen LogP contribution in [0.5, 0.6) is 0 Å². The molecule has 0 saturated carbocycles. The molecule has 3 heteroatoms. The third-order valence-corrected chi connectivity index (χ3v) is 5.06. The van der Waals surface area contributed by atoms with E-state index < -0.39 is 0 Å². The van der Waals surface area contributed by atoms with Crippen molar-refractivity contribution < 1.29 is 4.79 Å². The monoisotopic (exact) mass is 310 g/mol. The van der Waals surface area contributed by atoms with E-state index in [0.29, 0.717) is 6.54 Å². The highest BCUT2D eigenvalue weighted by Crippen LogP contribution is 2.30. The molecule has 0 spiro atoms. The number of carbonyl (C=O) groups excluding carboxylic acids is 1. The lowest BCUT2D eigenvalue weighted by atomic mass is 9.76. The lowest BCUT2D eigenvalue weighted by molar-refractivity contribution is 0.0940. The molecule has 2 aromatic rings. The second-order valence-electron chi connectivity index (χ2n) is 6.16. The molecule has 1 N–H and O–H groups in total. The first kappa shape index (κ1) is 17.2. The topological polar surface area (TPSA) is 42.0 Å². The van der Waals surface area contributed by atoms with Gasteiger partial charge in [0.2, 0.25) is 0 Å². The molecule has 0 bridgehead atoms. The highest BCUT2D eigenvalue weighted by molar-refractivity contribution is 5.96. The molecule has 0 aliphatic heterocycles. The van der Waals surface area contributed by atoms with E-state index in [4.69, 9.17) is 0 Å². The van der Waals surface area contributed by atoms with Gasteiger partial charge < -0.3 is 5.32 Å². The first-order valence-electron chi connectivity index (χ1n) is 8.29. The third-order valence-electron chi connectivity index (χ3n) is 5.06. The van der Waals surface area contributed by atoms with E-state index >= 15 is 0 Å². The van der Waals surface area contributed by atoms with Crippen LogP contribution in [0.1, 0.15) is 53.7 Å². The van der Waals surface area contributed by atoms with Crippen molar-refractivity contribution in [3.8, 4) is 0 Å². The normalized spacial score (nSPS) is 11.3. The summed E-state index contributed by atoms with van der Waals surface area (Å²) in [7, 11) is 0. The molecule has 2 rings (SSSR count). The van der Waals surface area contributed by atoms with Crippen molar-refractivity contribution in [2.45, 2.75) is 46.0 Å². The van der Waals surface area contributed by atoms with Crippen molar-refractivity contribution >= 4 is 5.91 Å². The second kappa shape index (κ2) is 7.40. The van der Waals surface area contributed by atoms with Gasteiger partial charge in [-0.25, -0.2) is 0 Å². The molecule has 3 nitrogen and oxygen atoms in total. The second-order valence-corrected chi connectivity index (χ2v) is 6.16. The molecule has 1 heterocycles. The average Bonchev–Trinajstić information content (AvgIpc) is 2.59. The van der Waals surface area contributed by atoms with Crippen LogP contribution < -0.4 is 5.32 Å². The molecule has 122 valence electrons. The molecule has 0 aliphatic carbocycles. The van der Waals surface area contributed by atoms with E-state index in [9.17, 15) is 4.79 Å². The van der Waals surface area contributed by atoms with Crippen molar-refractivity contribution in [3.05, 3.63) is 65.0 Å². The fourth-order valence-electron chi connectivity index (χ4n) is 3.03. The molecule has 1 aromatic carbocycles. The van der Waals surface area contributed by atoms with Crippen molar-refractivity contribution in [1.29, 1.82) is 0 Å². The summed E-state index contributed by atoms with van der Waals surface area (Å²) in [6.07, 6.45) is 5.62. The quantitative estimate of drug-likeness (QED) is 0.869. The number of aromatic nitrogens is 1. The van der Waals surface area contributed by atoms with Gasteiger partial charge in [-0.1, -0.05) is 32.0 Å². The van der Waals surface area contributed by atoms with Gasteiger partial charge in [-0.05, 0) is 55.5 Å². The Hall–Kier alpha value is -2.16. The lowest BCUT2D eigenvalue weighted by Crippen LogP contribution is -2.40. The molecule has 0 radical (unpaired) electrons. The summed E-state index contributed by atoms with van der Waals surface area (Å²) in [6, 6.07) is 9.92. The Bertz CT molecular complexity index is 661. The predicted molar refractivity (Wildman–Crippen MR) is 94.7 cm³/mol. The summed E-state index contributed by atoms with van der Waals surface area (Å²) in [5.74, 6) is 0.00126. The van der Waals surface area contributed by atoms with E-state index in [-0.39, 0.29) is 11.3 Å². The zero-order valence-corrected chi connectivity index (χ0v) is 14.5. The van der Waals surface area contributed by atoms with Gasteiger partial charge in [-0.15, -0.1) is 0 Å². The Morgan fingerprint density at radius 2 is 1.87 bits per heavy atom. The molecule has 0 atom stereocenters. The number of carbonyl (C=O) groups is 1. The smallest absolute Gasteiger partial charge is 0.251 e. The Kier molecular flexibility index (Phi) is 5.54. The molecule has 23 heavy (non-hydrogen) atoms. The molecule has 1 amide bonds. The van der Waals surface area contributed by atoms with Crippen LogP contribution >= 0.6 is 0 Å². The number of benzene rings is 1. The molecule has 0 unspecified atom stereocenters. The summed E-state index contributed by atoms with van der Waals surface area (Å²) in [4.78, 5) is 16.8. The number of rotatable bonds is 6. The van der Waals surface area contributed by atoms with Gasteiger partial charge in [-0.3, -0.25) is 9.78 Å². The van der Waals surface area contributed by atoms with Crippen LogP contribution in [-0.4, -0.2) is 17.4 Å². The Morgan fingerprint density at radius 3 is 2.48 bits per heavy atom. The number of nitrogens with one attached hydrogen (secondary N) is 1. The van der Waals surface area contributed by atoms with Crippen LogP contribution in [0, 0.1) is 13.8 Å². The van der Waals surface area contributed by atoms with Gasteiger partial charge in [-0.2, -0.15) is 0 Å². The van der Waals surface area contributed by atoms with E-state index in [0.717, 1.165) is 29.5 Å². The maximum Gasteiger partial charge on any atom is 0.251 e. The van der Waals surface area contributed by atoms with E-state index in [2.05, 4.69) is 30.2 Å². The van der Waals surface area contributed by atoms with Crippen molar-refractivity contribution in [3.63, 3.8) is 0 Å². The van der Waals surface area contributed by atoms with Crippen molar-refractivity contribution in [2.24, 2.45) is 0 Å². The lowest BCUT2D eigenvalue weighted by Gasteiger charge is -2.32. The van der Waals surface area contributed by atoms with Gasteiger partial charge in [0.05, 0.1) is 0 Å². The number of hydrogen-bond acceptors (Lipinski definition) is 2. The zero-order valence-electron chi connectivity index (χ0n) is 14.5. The van der Waals surface area contributed by atoms with Gasteiger partial charge in [0.25, 0.3) is 5.91 Å². The Labute approximate surface area is 139 Å². The van der Waals surface area contributed by atoms with Crippen molar-refractivity contribution in [2.75, 3.05) is 6.54 Å². The number of nitrogens with zero attached hydrogens (tertiary/aromatic N) is 1. The average molecular weight is 310 g/mol. The maximum atomic E-state index is 12.6. The van der Waals surface area contributed by atoms with Crippen LogP contribution in [0.15, 0.2) is 42.7 Å². The number of hydrogen-bond donors (Lipinski definition) is 1. The van der Waals surface area contributed by atoms with Crippen LogP contribution in [-0.2, 0) is 5.41 Å². The van der Waals surface area contributed by atoms with Crippen LogP contribution in [0.3, 0.4) is 0 Å². The Balaban J connectivity index is 2.19. The van der Waals surface area contributed by atoms with Gasteiger partial charge >= 0.3 is 0 Å². The molecular weight excluding hydrogens is 284 g/mol. The standard InChI is InChI=1S/C20H26N2O/c1-5-20(6-2,17-10-8-12-21-13-17)14-22-19(23)18-11-7-9-15(3)16(18)4/h7-13H,5-6,14H2,1-4H3,(H,22,23). The minimum Gasteiger partial charge on any atom is -0.351 e. The fourth-order valence-corrected chi connectivity index (χ4v) is 3.03. The minimum absolute atomic E-state index is 0.00126. The van der Waals surface area contributed by atoms with Gasteiger partial charge in [0.15, 0.2) is 0 Å². The predicted octanol–water partition coefficient (Wildman–Crippen LogP) is 4.19. The third kappa shape index (κ3) is 3.61. The summed E-state index contributed by atoms with van der Waals surface area (Å²) in [5.41, 5.74) is 4.07. The molecule has 0 fully saturated rings. The highest BCUT2D eigenvalue weighted by atomic mass is 16.1. The van der Waals surface area contributed by atoms with Crippen LogP contribution in [0.25, 0.3) is 0 Å². The van der Waals surface area contributed by atoms with E-state index in [1.807, 2.05) is 44.3 Å². The fraction of sp³-hybridized carbons (Fsp3) is 0.400. The van der Waals surface area contributed by atoms with Gasteiger partial charge in [0.1, 0.15) is 0 Å². The minimum atomic E-state index is -0.0678. The summed E-state index contributed by atoms with van der Waals surface area (Å²) in [6.45, 7) is 8.99. The number of aryl methyl sites for hydroxylation is 1. The Morgan fingerprint density at radius 1 is 1.13 bits per heavy atom. The van der Waals surface area contributed by atoms with E-state index in [1.54, 1.807) is 6.20 Å². The molecule has 0 saturated heterocycles. The van der Waals surface area contributed by atoms with Crippen LogP contribution in [0.2, 0.25) is 0 Å². The van der Waals surface area contributed by atoms with E-state index in [1.165, 1.54) is 5.56 Å². The number of amides is 1. The van der Waals surface area contributed by atoms with Crippen molar-refractivity contribution in [1.82, 2.24) is 10.3 Å². The maximum absolute atomic E-state index is 12.6. The molecular formula is C20H26N2O. The molecule has 0 aliphatic rings. The van der Waals surface area contributed by atoms with Gasteiger partial charge in [0, 0.05) is 29.9 Å². The number of pyridine rings is 1. The first-order chi connectivity index (χ1) is 11.0. The highest BCUT2D eigenvalue weighted by Gasteiger charge is 2.29. The largest absolute Gasteiger partial charge is 0.351 e.